The average molecular weight is 403 g/mol. The van der Waals surface area contributed by atoms with Crippen molar-refractivity contribution in [1.29, 1.82) is 0 Å². The Hall–Kier alpha value is -3.67. The van der Waals surface area contributed by atoms with Gasteiger partial charge >= 0.3 is 0 Å². The standard InChI is InChI=1S/C24H25N3O3/c1-16(2)30-22-11-5-7-18(14-22)17(3)26-23(28)19-8-4-10-21(13-19)27-24(29)20-9-6-12-25-15-20/h4-17H,1-3H3,(H,26,28)(H,27,29). The monoisotopic (exact) mass is 403 g/mol. The molecule has 3 rings (SSSR count). The Bertz CT molecular complexity index is 1020. The first kappa shape index (κ1) is 21.0. The number of benzene rings is 2. The minimum atomic E-state index is -0.281. The number of rotatable bonds is 7. The van der Waals surface area contributed by atoms with Crippen molar-refractivity contribution < 1.29 is 14.3 Å². The fraction of sp³-hybridized carbons (Fsp3) is 0.208. The fourth-order valence-electron chi connectivity index (χ4n) is 2.93. The lowest BCUT2D eigenvalue weighted by Crippen LogP contribution is -2.26. The van der Waals surface area contributed by atoms with Gasteiger partial charge in [-0.05, 0) is 68.8 Å². The summed E-state index contributed by atoms with van der Waals surface area (Å²) in [4.78, 5) is 29.0. The van der Waals surface area contributed by atoms with Gasteiger partial charge in [-0.1, -0.05) is 18.2 Å². The number of anilines is 1. The van der Waals surface area contributed by atoms with Gasteiger partial charge in [0.2, 0.25) is 0 Å². The van der Waals surface area contributed by atoms with E-state index in [4.69, 9.17) is 4.74 Å². The third kappa shape index (κ3) is 5.67. The van der Waals surface area contributed by atoms with Crippen molar-refractivity contribution in [2.24, 2.45) is 0 Å². The molecule has 0 aliphatic heterocycles. The highest BCUT2D eigenvalue weighted by atomic mass is 16.5. The van der Waals surface area contributed by atoms with Crippen molar-refractivity contribution in [3.63, 3.8) is 0 Å². The van der Waals surface area contributed by atoms with Crippen molar-refractivity contribution in [1.82, 2.24) is 10.3 Å². The molecule has 1 unspecified atom stereocenters. The van der Waals surface area contributed by atoms with E-state index in [-0.39, 0.29) is 24.0 Å². The maximum Gasteiger partial charge on any atom is 0.257 e. The van der Waals surface area contributed by atoms with Crippen LogP contribution in [0.2, 0.25) is 0 Å². The van der Waals surface area contributed by atoms with E-state index in [1.807, 2.05) is 45.0 Å². The highest BCUT2D eigenvalue weighted by Crippen LogP contribution is 2.21. The Morgan fingerprint density at radius 2 is 1.67 bits per heavy atom. The number of carbonyl (C=O) groups is 2. The summed E-state index contributed by atoms with van der Waals surface area (Å²) in [5.41, 5.74) is 2.39. The van der Waals surface area contributed by atoms with Crippen molar-refractivity contribution in [3.8, 4) is 5.75 Å². The minimum absolute atomic E-state index is 0.0785. The first-order valence-corrected chi connectivity index (χ1v) is 9.81. The van der Waals surface area contributed by atoms with Gasteiger partial charge in [-0.15, -0.1) is 0 Å². The molecule has 1 atom stereocenters. The van der Waals surface area contributed by atoms with Crippen LogP contribution in [0.15, 0.2) is 73.1 Å². The van der Waals surface area contributed by atoms with Crippen LogP contribution in [-0.4, -0.2) is 22.9 Å². The number of ether oxygens (including phenoxy) is 1. The SMILES string of the molecule is CC(C)Oc1cccc(C(C)NC(=O)c2cccc(NC(=O)c3cccnc3)c2)c1. The molecule has 0 fully saturated rings. The first-order chi connectivity index (χ1) is 14.4. The van der Waals surface area contributed by atoms with Gasteiger partial charge < -0.3 is 15.4 Å². The predicted molar refractivity (Wildman–Crippen MR) is 117 cm³/mol. The largest absolute Gasteiger partial charge is 0.491 e. The van der Waals surface area contributed by atoms with Crippen LogP contribution < -0.4 is 15.4 Å². The number of nitrogens with one attached hydrogen (secondary N) is 2. The zero-order valence-corrected chi connectivity index (χ0v) is 17.3. The van der Waals surface area contributed by atoms with E-state index in [2.05, 4.69) is 15.6 Å². The molecular weight excluding hydrogens is 378 g/mol. The molecule has 154 valence electrons. The smallest absolute Gasteiger partial charge is 0.257 e. The Balaban J connectivity index is 1.67. The summed E-state index contributed by atoms with van der Waals surface area (Å²) in [5.74, 6) is 0.259. The molecule has 6 heteroatoms. The lowest BCUT2D eigenvalue weighted by molar-refractivity contribution is 0.0938. The second-order valence-electron chi connectivity index (χ2n) is 7.21. The topological polar surface area (TPSA) is 80.3 Å². The normalized spacial score (nSPS) is 11.6. The maximum atomic E-state index is 12.7. The summed E-state index contributed by atoms with van der Waals surface area (Å²) < 4.78 is 5.73. The second-order valence-corrected chi connectivity index (χ2v) is 7.21. The van der Waals surface area contributed by atoms with Crippen molar-refractivity contribution >= 4 is 17.5 Å². The van der Waals surface area contributed by atoms with Crippen LogP contribution in [0.25, 0.3) is 0 Å². The van der Waals surface area contributed by atoms with Crippen LogP contribution in [0.5, 0.6) is 5.75 Å². The number of nitrogens with zero attached hydrogens (tertiary/aromatic N) is 1. The summed E-state index contributed by atoms with van der Waals surface area (Å²) in [5, 5.41) is 5.78. The summed E-state index contributed by atoms with van der Waals surface area (Å²) in [6.45, 7) is 5.86. The van der Waals surface area contributed by atoms with E-state index in [0.717, 1.165) is 11.3 Å². The summed E-state index contributed by atoms with van der Waals surface area (Å²) in [7, 11) is 0. The van der Waals surface area contributed by atoms with Gasteiger partial charge in [-0.25, -0.2) is 0 Å². The van der Waals surface area contributed by atoms with Gasteiger partial charge in [0.1, 0.15) is 5.75 Å². The highest BCUT2D eigenvalue weighted by Gasteiger charge is 2.14. The number of carbonyl (C=O) groups excluding carboxylic acids is 2. The maximum absolute atomic E-state index is 12.7. The number of amides is 2. The molecule has 0 aliphatic carbocycles. The van der Waals surface area contributed by atoms with Crippen LogP contribution in [0.3, 0.4) is 0 Å². The van der Waals surface area contributed by atoms with E-state index in [0.29, 0.717) is 16.8 Å². The van der Waals surface area contributed by atoms with Crippen LogP contribution >= 0.6 is 0 Å². The summed E-state index contributed by atoms with van der Waals surface area (Å²) in [6, 6.07) is 17.7. The van der Waals surface area contributed by atoms with E-state index in [1.54, 1.807) is 42.6 Å². The van der Waals surface area contributed by atoms with E-state index < -0.39 is 0 Å². The second kappa shape index (κ2) is 9.69. The molecule has 0 aliphatic rings. The van der Waals surface area contributed by atoms with Gasteiger partial charge in [-0.2, -0.15) is 0 Å². The van der Waals surface area contributed by atoms with Crippen LogP contribution in [0.1, 0.15) is 53.1 Å². The molecule has 0 radical (unpaired) electrons. The fourth-order valence-corrected chi connectivity index (χ4v) is 2.93. The summed E-state index contributed by atoms with van der Waals surface area (Å²) >= 11 is 0. The molecule has 6 nitrogen and oxygen atoms in total. The lowest BCUT2D eigenvalue weighted by Gasteiger charge is -2.17. The van der Waals surface area contributed by atoms with Gasteiger partial charge in [0.15, 0.2) is 0 Å². The Morgan fingerprint density at radius 1 is 0.900 bits per heavy atom. The van der Waals surface area contributed by atoms with Crippen LogP contribution in [0.4, 0.5) is 5.69 Å². The van der Waals surface area contributed by atoms with Gasteiger partial charge in [-0.3, -0.25) is 14.6 Å². The summed E-state index contributed by atoms with van der Waals surface area (Å²) in [6.07, 6.45) is 3.17. The van der Waals surface area contributed by atoms with Crippen LogP contribution in [0, 0.1) is 0 Å². The number of aromatic nitrogens is 1. The van der Waals surface area contributed by atoms with Crippen molar-refractivity contribution in [2.75, 3.05) is 5.32 Å². The Labute approximate surface area is 176 Å². The minimum Gasteiger partial charge on any atom is -0.491 e. The molecule has 1 aromatic heterocycles. The molecule has 0 saturated heterocycles. The number of hydrogen-bond acceptors (Lipinski definition) is 4. The zero-order chi connectivity index (χ0) is 21.5. The molecule has 0 saturated carbocycles. The highest BCUT2D eigenvalue weighted by molar-refractivity contribution is 6.04. The molecule has 0 spiro atoms. The third-order valence-electron chi connectivity index (χ3n) is 4.38. The molecule has 2 aromatic carbocycles. The Kier molecular flexibility index (Phi) is 6.80. The van der Waals surface area contributed by atoms with E-state index in [1.165, 1.54) is 6.20 Å². The lowest BCUT2D eigenvalue weighted by atomic mass is 10.1. The van der Waals surface area contributed by atoms with Gasteiger partial charge in [0.25, 0.3) is 11.8 Å². The molecule has 1 heterocycles. The van der Waals surface area contributed by atoms with Crippen LogP contribution in [-0.2, 0) is 0 Å². The molecule has 2 amide bonds. The zero-order valence-electron chi connectivity index (χ0n) is 17.3. The van der Waals surface area contributed by atoms with Crippen molar-refractivity contribution in [3.05, 3.63) is 89.7 Å². The van der Waals surface area contributed by atoms with E-state index in [9.17, 15) is 9.59 Å². The van der Waals surface area contributed by atoms with Crippen molar-refractivity contribution in [2.45, 2.75) is 32.9 Å². The molecule has 2 N–H and O–H groups in total. The number of pyridine rings is 1. The predicted octanol–water partition coefficient (Wildman–Crippen LogP) is 4.61. The van der Waals surface area contributed by atoms with E-state index >= 15 is 0 Å². The molecular formula is C24H25N3O3. The Morgan fingerprint density at radius 3 is 2.40 bits per heavy atom. The first-order valence-electron chi connectivity index (χ1n) is 9.81. The third-order valence-corrected chi connectivity index (χ3v) is 4.38. The molecule has 0 bridgehead atoms. The van der Waals surface area contributed by atoms with Gasteiger partial charge in [0.05, 0.1) is 17.7 Å². The average Bonchev–Trinajstić information content (AvgIpc) is 2.74. The number of hydrogen-bond donors (Lipinski definition) is 2. The van der Waals surface area contributed by atoms with Gasteiger partial charge in [0, 0.05) is 23.6 Å². The quantitative estimate of drug-likeness (QED) is 0.604. The molecule has 30 heavy (non-hydrogen) atoms. The molecule has 3 aromatic rings.